The van der Waals surface area contributed by atoms with Crippen LogP contribution in [0.25, 0.3) is 6.08 Å². The maximum atomic E-state index is 11.7. The van der Waals surface area contributed by atoms with E-state index in [4.69, 9.17) is 5.11 Å². The quantitative estimate of drug-likeness (QED) is 0.832. The smallest absolute Gasteiger partial charge is 0.307 e. The van der Waals surface area contributed by atoms with E-state index in [9.17, 15) is 9.59 Å². The summed E-state index contributed by atoms with van der Waals surface area (Å²) in [4.78, 5) is 22.2. The Balaban J connectivity index is 2.12. The van der Waals surface area contributed by atoms with Crippen molar-refractivity contribution < 1.29 is 14.7 Å². The molecule has 1 N–H and O–H groups in total. The number of rotatable bonds is 3. The van der Waals surface area contributed by atoms with Gasteiger partial charge in [-0.1, -0.05) is 24.3 Å². The summed E-state index contributed by atoms with van der Waals surface area (Å²) >= 11 is 0. The van der Waals surface area contributed by atoms with Gasteiger partial charge in [-0.3, -0.25) is 9.59 Å². The van der Waals surface area contributed by atoms with E-state index in [2.05, 4.69) is 0 Å². The average molecular weight is 244 g/mol. The van der Waals surface area contributed by atoms with E-state index in [-0.39, 0.29) is 12.2 Å². The molecule has 0 radical (unpaired) electrons. The third-order valence-corrected chi connectivity index (χ3v) is 3.13. The van der Waals surface area contributed by atoms with E-state index >= 15 is 0 Å². The Morgan fingerprint density at radius 2 is 1.83 bits per heavy atom. The molecule has 1 aliphatic carbocycles. The molecule has 0 unspecified atom stereocenters. The first-order chi connectivity index (χ1) is 8.65. The van der Waals surface area contributed by atoms with Crippen molar-refractivity contribution in [3.05, 3.63) is 41.0 Å². The average Bonchev–Trinajstić information content (AvgIpc) is 2.34. The highest BCUT2D eigenvalue weighted by Crippen LogP contribution is 2.22. The van der Waals surface area contributed by atoms with Gasteiger partial charge in [0.2, 0.25) is 0 Å². The van der Waals surface area contributed by atoms with Crippen molar-refractivity contribution in [1.82, 2.24) is 0 Å². The highest BCUT2D eigenvalue weighted by Gasteiger charge is 2.14. The summed E-state index contributed by atoms with van der Waals surface area (Å²) in [5.74, 6) is -0.584. The number of Topliss-reactive ketones (excluding diaryl/α,β-unsaturated/α-hetero) is 1. The number of allylic oxidation sites excluding steroid dienone is 1. The molecule has 3 nitrogen and oxygen atoms in total. The third kappa shape index (κ3) is 3.29. The molecule has 3 heteroatoms. The van der Waals surface area contributed by atoms with Crippen LogP contribution < -0.4 is 0 Å². The van der Waals surface area contributed by atoms with Crippen LogP contribution in [0.15, 0.2) is 29.8 Å². The van der Waals surface area contributed by atoms with Crippen molar-refractivity contribution in [2.24, 2.45) is 0 Å². The number of carbonyl (C=O) groups excluding carboxylic acids is 1. The molecule has 0 aromatic heterocycles. The largest absolute Gasteiger partial charge is 0.481 e. The molecule has 0 heterocycles. The Labute approximate surface area is 106 Å². The minimum atomic E-state index is -0.830. The lowest BCUT2D eigenvalue weighted by Crippen LogP contribution is -2.07. The van der Waals surface area contributed by atoms with E-state index in [0.717, 1.165) is 36.0 Å². The summed E-state index contributed by atoms with van der Waals surface area (Å²) in [6, 6.07) is 7.34. The van der Waals surface area contributed by atoms with Crippen LogP contribution in [0.5, 0.6) is 0 Å². The Morgan fingerprint density at radius 1 is 1.17 bits per heavy atom. The molecule has 1 aromatic carbocycles. The molecule has 1 aromatic rings. The van der Waals surface area contributed by atoms with Crippen LogP contribution in [0.3, 0.4) is 0 Å². The van der Waals surface area contributed by atoms with Gasteiger partial charge >= 0.3 is 5.97 Å². The summed E-state index contributed by atoms with van der Waals surface area (Å²) in [7, 11) is 0. The topological polar surface area (TPSA) is 54.4 Å². The SMILES string of the molecule is O=C(O)Cc1ccc(C=C2CCCCC2=O)cc1. The predicted molar refractivity (Wildman–Crippen MR) is 69.2 cm³/mol. The number of hydrogen-bond acceptors (Lipinski definition) is 2. The van der Waals surface area contributed by atoms with Gasteiger partial charge in [-0.15, -0.1) is 0 Å². The summed E-state index contributed by atoms with van der Waals surface area (Å²) in [5.41, 5.74) is 2.64. The van der Waals surface area contributed by atoms with Crippen molar-refractivity contribution in [1.29, 1.82) is 0 Å². The van der Waals surface area contributed by atoms with Crippen molar-refractivity contribution >= 4 is 17.8 Å². The first kappa shape index (κ1) is 12.6. The van der Waals surface area contributed by atoms with Crippen LogP contribution in [0, 0.1) is 0 Å². The molecule has 0 amide bonds. The zero-order chi connectivity index (χ0) is 13.0. The first-order valence-electron chi connectivity index (χ1n) is 6.19. The maximum absolute atomic E-state index is 11.7. The molecule has 1 fully saturated rings. The van der Waals surface area contributed by atoms with E-state index < -0.39 is 5.97 Å². The highest BCUT2D eigenvalue weighted by molar-refractivity contribution is 6.00. The second-order valence-electron chi connectivity index (χ2n) is 4.61. The molecule has 94 valence electrons. The van der Waals surface area contributed by atoms with E-state index in [1.807, 2.05) is 18.2 Å². The van der Waals surface area contributed by atoms with E-state index in [1.165, 1.54) is 0 Å². The third-order valence-electron chi connectivity index (χ3n) is 3.13. The van der Waals surface area contributed by atoms with Gasteiger partial charge in [-0.2, -0.15) is 0 Å². The molecule has 0 aliphatic heterocycles. The number of hydrogen-bond donors (Lipinski definition) is 1. The van der Waals surface area contributed by atoms with E-state index in [0.29, 0.717) is 6.42 Å². The Kier molecular flexibility index (Phi) is 3.92. The molecule has 1 aliphatic rings. The van der Waals surface area contributed by atoms with Crippen LogP contribution >= 0.6 is 0 Å². The Bertz CT molecular complexity index is 483. The summed E-state index contributed by atoms with van der Waals surface area (Å²) < 4.78 is 0. The summed E-state index contributed by atoms with van der Waals surface area (Å²) in [6.07, 6.45) is 5.54. The normalized spacial score (nSPS) is 18.0. The molecule has 0 bridgehead atoms. The van der Waals surface area contributed by atoms with Gasteiger partial charge in [0.05, 0.1) is 6.42 Å². The van der Waals surface area contributed by atoms with Crippen LogP contribution in [-0.4, -0.2) is 16.9 Å². The lowest BCUT2D eigenvalue weighted by Gasteiger charge is -2.12. The predicted octanol–water partition coefficient (Wildman–Crippen LogP) is 2.84. The molecule has 18 heavy (non-hydrogen) atoms. The number of carboxylic acids is 1. The molecule has 0 atom stereocenters. The molecular formula is C15H16O3. The highest BCUT2D eigenvalue weighted by atomic mass is 16.4. The fraction of sp³-hybridized carbons (Fsp3) is 0.333. The fourth-order valence-corrected chi connectivity index (χ4v) is 2.16. The molecule has 0 saturated heterocycles. The maximum Gasteiger partial charge on any atom is 0.307 e. The standard InChI is InChI=1S/C15H16O3/c16-14-4-2-1-3-13(14)9-11-5-7-12(8-6-11)10-15(17)18/h5-9H,1-4,10H2,(H,17,18). The number of benzene rings is 1. The zero-order valence-electron chi connectivity index (χ0n) is 10.2. The summed E-state index contributed by atoms with van der Waals surface area (Å²) in [6.45, 7) is 0. The van der Waals surface area contributed by atoms with Gasteiger partial charge in [0, 0.05) is 6.42 Å². The number of carbonyl (C=O) groups is 2. The molecule has 2 rings (SSSR count). The van der Waals surface area contributed by atoms with Gasteiger partial charge in [-0.25, -0.2) is 0 Å². The molecule has 0 spiro atoms. The zero-order valence-corrected chi connectivity index (χ0v) is 10.2. The van der Waals surface area contributed by atoms with Gasteiger partial charge in [0.25, 0.3) is 0 Å². The van der Waals surface area contributed by atoms with Crippen molar-refractivity contribution in [3.8, 4) is 0 Å². The Morgan fingerprint density at radius 3 is 2.44 bits per heavy atom. The lowest BCUT2D eigenvalue weighted by atomic mass is 9.92. The van der Waals surface area contributed by atoms with Gasteiger partial charge in [-0.05, 0) is 42.0 Å². The Hall–Kier alpha value is -1.90. The van der Waals surface area contributed by atoms with Gasteiger partial charge < -0.3 is 5.11 Å². The minimum Gasteiger partial charge on any atom is -0.481 e. The van der Waals surface area contributed by atoms with Gasteiger partial charge in [0.1, 0.15) is 0 Å². The van der Waals surface area contributed by atoms with Crippen molar-refractivity contribution in [2.75, 3.05) is 0 Å². The number of aliphatic carboxylic acids is 1. The number of carboxylic acid groups (broad SMARTS) is 1. The minimum absolute atomic E-state index is 0.0375. The molecular weight excluding hydrogens is 228 g/mol. The monoisotopic (exact) mass is 244 g/mol. The van der Waals surface area contributed by atoms with Crippen LogP contribution in [0.2, 0.25) is 0 Å². The van der Waals surface area contributed by atoms with Crippen LogP contribution in [-0.2, 0) is 16.0 Å². The molecule has 1 saturated carbocycles. The van der Waals surface area contributed by atoms with Crippen molar-refractivity contribution in [3.63, 3.8) is 0 Å². The van der Waals surface area contributed by atoms with Crippen molar-refractivity contribution in [2.45, 2.75) is 32.1 Å². The number of ketones is 1. The second-order valence-corrected chi connectivity index (χ2v) is 4.61. The summed E-state index contributed by atoms with van der Waals surface area (Å²) in [5, 5.41) is 8.68. The van der Waals surface area contributed by atoms with Crippen LogP contribution in [0.1, 0.15) is 36.8 Å². The first-order valence-corrected chi connectivity index (χ1v) is 6.19. The lowest BCUT2D eigenvalue weighted by molar-refractivity contribution is -0.136. The fourth-order valence-electron chi connectivity index (χ4n) is 2.16. The van der Waals surface area contributed by atoms with Crippen LogP contribution in [0.4, 0.5) is 0 Å². The van der Waals surface area contributed by atoms with Gasteiger partial charge in [0.15, 0.2) is 5.78 Å². The second kappa shape index (κ2) is 5.63. The van der Waals surface area contributed by atoms with E-state index in [1.54, 1.807) is 12.1 Å².